The summed E-state index contributed by atoms with van der Waals surface area (Å²) < 4.78 is 0. The van der Waals surface area contributed by atoms with Crippen LogP contribution in [0.4, 0.5) is 0 Å². The highest BCUT2D eigenvalue weighted by Gasteiger charge is 1.82. The first-order valence-electron chi connectivity index (χ1n) is 1.77. The Morgan fingerprint density at radius 3 is 2.29 bits per heavy atom. The van der Waals surface area contributed by atoms with Crippen molar-refractivity contribution < 1.29 is 9.90 Å². The summed E-state index contributed by atoms with van der Waals surface area (Å²) in [6.45, 7) is 3.25. The summed E-state index contributed by atoms with van der Waals surface area (Å²) in [6, 6.07) is 0. The fourth-order valence-corrected chi connectivity index (χ4v) is 0.147. The normalized spacial score (nSPS) is 9.14. The molecule has 0 atom stereocenters. The maximum absolute atomic E-state index is 9.51. The van der Waals surface area contributed by atoms with Gasteiger partial charge in [-0.15, -0.1) is 0 Å². The van der Waals surface area contributed by atoms with Crippen LogP contribution in [0.1, 0.15) is 0 Å². The molecule has 0 aromatic rings. The Bertz CT molecular complexity index is 103. The van der Waals surface area contributed by atoms with E-state index in [9.17, 15) is 9.90 Å². The van der Waals surface area contributed by atoms with Crippen LogP contribution in [0.25, 0.3) is 0 Å². The summed E-state index contributed by atoms with van der Waals surface area (Å²) >= 11 is 0. The molecule has 0 spiro atoms. The molecule has 0 aliphatic rings. The zero-order valence-electron chi connectivity index (χ0n) is 3.76. The van der Waals surface area contributed by atoms with Crippen molar-refractivity contribution in [2.75, 3.05) is 0 Å². The number of allylic oxidation sites excluding steroid dienone is 2. The van der Waals surface area contributed by atoms with E-state index in [1.54, 1.807) is 0 Å². The van der Waals surface area contributed by atoms with E-state index >= 15 is 0 Å². The summed E-state index contributed by atoms with van der Waals surface area (Å²) in [5.41, 5.74) is 0. The van der Waals surface area contributed by atoms with E-state index in [1.165, 1.54) is 12.2 Å². The third kappa shape index (κ3) is 4.95. The predicted octanol–water partition coefficient (Wildman–Crippen LogP) is 0.686. The van der Waals surface area contributed by atoms with Crippen LogP contribution in [-0.4, -0.2) is 5.97 Å². The van der Waals surface area contributed by atoms with E-state index in [4.69, 9.17) is 0 Å². The molecule has 0 bridgehead atoms. The minimum absolute atomic E-state index is 0.910. The smallest absolute Gasteiger partial charge is 0.242 e. The van der Waals surface area contributed by atoms with Crippen LogP contribution in [0.5, 0.6) is 0 Å². The fourth-order valence-electron chi connectivity index (χ4n) is 0.147. The van der Waals surface area contributed by atoms with E-state index in [0.29, 0.717) is 0 Å². The van der Waals surface area contributed by atoms with Gasteiger partial charge in [0.25, 0.3) is 0 Å². The molecule has 2 nitrogen and oxygen atoms in total. The second-order valence-electron chi connectivity index (χ2n) is 0.914. The number of carbonyl (C=O) groups is 1. The molecular formula is C5H5O2. The van der Waals surface area contributed by atoms with Crippen molar-refractivity contribution in [1.29, 1.82) is 0 Å². The Balaban J connectivity index is 3.46. The van der Waals surface area contributed by atoms with Gasteiger partial charge in [-0.1, -0.05) is 18.7 Å². The van der Waals surface area contributed by atoms with Gasteiger partial charge in [0.15, 0.2) is 0 Å². The molecule has 0 saturated heterocycles. The lowest BCUT2D eigenvalue weighted by molar-refractivity contribution is -0.137. The van der Waals surface area contributed by atoms with Gasteiger partial charge >= 0.3 is 5.97 Å². The average Bonchev–Trinajstić information content (AvgIpc) is 1.61. The van der Waals surface area contributed by atoms with Crippen molar-refractivity contribution in [3.05, 3.63) is 24.8 Å². The van der Waals surface area contributed by atoms with Crippen LogP contribution in [0, 0.1) is 0 Å². The van der Waals surface area contributed by atoms with E-state index in [-0.39, 0.29) is 0 Å². The standard InChI is InChI=1S/C5H5O2/c1-2-3-4-5(6)7/h2-4H,1H2/b4-3+. The minimum Gasteiger partial charge on any atom is -0.242 e. The zero-order valence-corrected chi connectivity index (χ0v) is 3.76. The van der Waals surface area contributed by atoms with Crippen LogP contribution in [0.2, 0.25) is 0 Å². The Morgan fingerprint density at radius 2 is 2.14 bits per heavy atom. The molecule has 0 N–H and O–H groups in total. The van der Waals surface area contributed by atoms with Crippen LogP contribution in [-0.2, 0) is 9.90 Å². The zero-order chi connectivity index (χ0) is 5.70. The lowest BCUT2D eigenvalue weighted by atomic mass is 10.5. The van der Waals surface area contributed by atoms with Gasteiger partial charge in [-0.3, -0.25) is 0 Å². The average molecular weight is 97.1 g/mol. The highest BCUT2D eigenvalue weighted by atomic mass is 16.4. The van der Waals surface area contributed by atoms with E-state index in [2.05, 4.69) is 6.58 Å². The quantitative estimate of drug-likeness (QED) is 0.369. The fraction of sp³-hybridized carbons (Fsp3) is 0. The number of carbonyl (C=O) groups excluding carboxylic acids is 1. The molecule has 0 unspecified atom stereocenters. The van der Waals surface area contributed by atoms with Gasteiger partial charge in [0, 0.05) is 6.08 Å². The topological polar surface area (TPSA) is 37.0 Å². The number of hydrogen-bond acceptors (Lipinski definition) is 1. The monoisotopic (exact) mass is 97.0 g/mol. The molecule has 0 aromatic carbocycles. The third-order valence-corrected chi connectivity index (χ3v) is 0.368. The van der Waals surface area contributed by atoms with E-state index in [0.717, 1.165) is 6.08 Å². The largest absolute Gasteiger partial charge is 0.379 e. The molecule has 0 aromatic heterocycles. The molecule has 0 aliphatic carbocycles. The van der Waals surface area contributed by atoms with Gasteiger partial charge in [-0.05, 0) is 0 Å². The number of rotatable bonds is 2. The lowest BCUT2D eigenvalue weighted by Gasteiger charge is -1.65. The maximum atomic E-state index is 9.51. The first kappa shape index (κ1) is 5.95. The second kappa shape index (κ2) is 3.15. The van der Waals surface area contributed by atoms with Crippen molar-refractivity contribution in [3.8, 4) is 0 Å². The summed E-state index contributed by atoms with van der Waals surface area (Å²) in [6.07, 6.45) is 3.58. The van der Waals surface area contributed by atoms with Gasteiger partial charge in [0.2, 0.25) is 0 Å². The molecule has 1 radical (unpaired) electrons. The molecule has 37 valence electrons. The van der Waals surface area contributed by atoms with Crippen molar-refractivity contribution in [2.24, 2.45) is 0 Å². The predicted molar refractivity (Wildman–Crippen MR) is 25.0 cm³/mol. The highest BCUT2D eigenvalue weighted by Crippen LogP contribution is 1.70. The van der Waals surface area contributed by atoms with Crippen LogP contribution < -0.4 is 0 Å². The first-order valence-corrected chi connectivity index (χ1v) is 1.77. The number of hydrogen-bond donors (Lipinski definition) is 0. The van der Waals surface area contributed by atoms with Gasteiger partial charge in [0.05, 0.1) is 0 Å². The summed E-state index contributed by atoms with van der Waals surface area (Å²) in [5.74, 6) is -1.19. The summed E-state index contributed by atoms with van der Waals surface area (Å²) in [4.78, 5) is 9.51. The molecule has 0 fully saturated rings. The van der Waals surface area contributed by atoms with Gasteiger partial charge in [-0.2, -0.15) is 0 Å². The highest BCUT2D eigenvalue weighted by molar-refractivity contribution is 5.79. The van der Waals surface area contributed by atoms with Crippen LogP contribution in [0.15, 0.2) is 24.8 Å². The molecule has 0 heterocycles. The molecule has 7 heavy (non-hydrogen) atoms. The molecule has 0 saturated carbocycles. The van der Waals surface area contributed by atoms with Gasteiger partial charge < -0.3 is 0 Å². The SMILES string of the molecule is C=C/C=C/C([O])=O. The maximum Gasteiger partial charge on any atom is 0.379 e. The second-order valence-corrected chi connectivity index (χ2v) is 0.914. The molecule has 0 aliphatic heterocycles. The van der Waals surface area contributed by atoms with Gasteiger partial charge in [-0.25, -0.2) is 9.90 Å². The molecular weight excluding hydrogens is 92.1 g/mol. The van der Waals surface area contributed by atoms with Crippen LogP contribution in [0.3, 0.4) is 0 Å². The van der Waals surface area contributed by atoms with Crippen LogP contribution >= 0.6 is 0 Å². The summed E-state index contributed by atoms with van der Waals surface area (Å²) in [5, 5.41) is 9.51. The van der Waals surface area contributed by atoms with Crippen molar-refractivity contribution in [2.45, 2.75) is 0 Å². The molecule has 2 heteroatoms. The Kier molecular flexibility index (Phi) is 2.68. The Morgan fingerprint density at radius 1 is 1.57 bits per heavy atom. The van der Waals surface area contributed by atoms with Gasteiger partial charge in [0.1, 0.15) is 0 Å². The van der Waals surface area contributed by atoms with Crippen molar-refractivity contribution in [1.82, 2.24) is 0 Å². The first-order chi connectivity index (χ1) is 3.27. The Labute approximate surface area is 41.8 Å². The van der Waals surface area contributed by atoms with Crippen molar-refractivity contribution in [3.63, 3.8) is 0 Å². The summed E-state index contributed by atoms with van der Waals surface area (Å²) in [7, 11) is 0. The lowest BCUT2D eigenvalue weighted by Crippen LogP contribution is -1.80. The van der Waals surface area contributed by atoms with E-state index in [1.807, 2.05) is 0 Å². The molecule has 0 rings (SSSR count). The van der Waals surface area contributed by atoms with E-state index < -0.39 is 5.97 Å². The third-order valence-electron chi connectivity index (χ3n) is 0.368. The van der Waals surface area contributed by atoms with Crippen molar-refractivity contribution >= 4 is 5.97 Å². The minimum atomic E-state index is -1.19. The Hall–Kier alpha value is -1.05. The molecule has 0 amide bonds.